The normalized spacial score (nSPS) is 18.3. The van der Waals surface area contributed by atoms with Gasteiger partial charge in [0.15, 0.2) is 0 Å². The van der Waals surface area contributed by atoms with Crippen molar-refractivity contribution in [2.75, 3.05) is 12.4 Å². The summed E-state index contributed by atoms with van der Waals surface area (Å²) in [6.45, 7) is 2.97. The minimum Gasteiger partial charge on any atom is -0.328 e. The van der Waals surface area contributed by atoms with E-state index < -0.39 is 0 Å². The van der Waals surface area contributed by atoms with Crippen LogP contribution in [0.1, 0.15) is 18.2 Å². The zero-order chi connectivity index (χ0) is 13.2. The third-order valence-corrected chi connectivity index (χ3v) is 4.47. The summed E-state index contributed by atoms with van der Waals surface area (Å²) in [5.74, 6) is 1.68. The standard InChI is InChI=1S/C15H15ClN2S/c1-11-12(6-7-16)9-18-10-13(4-5-15(18)17-11)14-3-2-8-19-14/h2-5,8,10H,6-7,9H2,1H3. The Morgan fingerprint density at radius 3 is 3.05 bits per heavy atom. The molecule has 0 saturated heterocycles. The van der Waals surface area contributed by atoms with Gasteiger partial charge in [-0.15, -0.1) is 22.9 Å². The quantitative estimate of drug-likeness (QED) is 0.759. The van der Waals surface area contributed by atoms with Crippen LogP contribution in [-0.2, 0) is 0 Å². The van der Waals surface area contributed by atoms with Crippen LogP contribution in [0.15, 0.2) is 52.1 Å². The fraction of sp³-hybridized carbons (Fsp3) is 0.267. The molecule has 0 radical (unpaired) electrons. The Kier molecular flexibility index (Phi) is 3.58. The van der Waals surface area contributed by atoms with Crippen LogP contribution in [0.2, 0.25) is 0 Å². The van der Waals surface area contributed by atoms with Crippen LogP contribution < -0.4 is 0 Å². The molecule has 0 spiro atoms. The Hall–Kier alpha value is -1.32. The van der Waals surface area contributed by atoms with Gasteiger partial charge in [-0.3, -0.25) is 0 Å². The van der Waals surface area contributed by atoms with E-state index in [2.05, 4.69) is 52.7 Å². The fourth-order valence-electron chi connectivity index (χ4n) is 2.30. The molecule has 0 saturated carbocycles. The van der Waals surface area contributed by atoms with Crippen LogP contribution in [-0.4, -0.2) is 23.2 Å². The minimum absolute atomic E-state index is 0.655. The summed E-state index contributed by atoms with van der Waals surface area (Å²) < 4.78 is 0. The number of fused-ring (bicyclic) bond motifs is 1. The summed E-state index contributed by atoms with van der Waals surface area (Å²) in [4.78, 5) is 8.16. The second-order valence-electron chi connectivity index (χ2n) is 4.62. The van der Waals surface area contributed by atoms with Gasteiger partial charge >= 0.3 is 0 Å². The Morgan fingerprint density at radius 2 is 2.32 bits per heavy atom. The third-order valence-electron chi connectivity index (χ3n) is 3.36. The predicted molar refractivity (Wildman–Crippen MR) is 83.6 cm³/mol. The van der Waals surface area contributed by atoms with Crippen LogP contribution in [0.5, 0.6) is 0 Å². The molecular formula is C15H15ClN2S. The van der Waals surface area contributed by atoms with Crippen molar-refractivity contribution in [3.63, 3.8) is 0 Å². The summed E-state index contributed by atoms with van der Waals surface area (Å²) in [6, 6.07) is 4.23. The molecule has 19 heavy (non-hydrogen) atoms. The second-order valence-corrected chi connectivity index (χ2v) is 5.95. The van der Waals surface area contributed by atoms with E-state index in [0.29, 0.717) is 5.88 Å². The molecule has 2 aliphatic heterocycles. The summed E-state index contributed by atoms with van der Waals surface area (Å²) >= 11 is 7.62. The Balaban J connectivity index is 1.89. The number of amidine groups is 1. The zero-order valence-corrected chi connectivity index (χ0v) is 12.3. The molecule has 0 bridgehead atoms. The van der Waals surface area contributed by atoms with Crippen molar-refractivity contribution in [3.05, 3.63) is 52.0 Å². The van der Waals surface area contributed by atoms with Gasteiger partial charge < -0.3 is 4.90 Å². The number of nitrogens with zero attached hydrogens (tertiary/aromatic N) is 2. The predicted octanol–water partition coefficient (Wildman–Crippen LogP) is 4.28. The summed E-state index contributed by atoms with van der Waals surface area (Å²) in [7, 11) is 0. The third kappa shape index (κ3) is 2.53. The van der Waals surface area contributed by atoms with Gasteiger partial charge in [-0.1, -0.05) is 6.07 Å². The van der Waals surface area contributed by atoms with E-state index >= 15 is 0 Å². The summed E-state index contributed by atoms with van der Waals surface area (Å²) in [5.41, 5.74) is 3.69. The lowest BCUT2D eigenvalue weighted by atomic mass is 10.1. The van der Waals surface area contributed by atoms with Crippen molar-refractivity contribution in [3.8, 4) is 0 Å². The van der Waals surface area contributed by atoms with Gasteiger partial charge in [0.2, 0.25) is 0 Å². The smallest absolute Gasteiger partial charge is 0.133 e. The molecule has 2 nitrogen and oxygen atoms in total. The maximum Gasteiger partial charge on any atom is 0.133 e. The van der Waals surface area contributed by atoms with Gasteiger partial charge in [0.05, 0.1) is 0 Å². The number of allylic oxidation sites excluding steroid dienone is 3. The van der Waals surface area contributed by atoms with Crippen molar-refractivity contribution in [1.82, 2.24) is 4.90 Å². The van der Waals surface area contributed by atoms with Crippen LogP contribution in [0, 0.1) is 0 Å². The zero-order valence-electron chi connectivity index (χ0n) is 10.8. The maximum absolute atomic E-state index is 5.86. The molecule has 0 aliphatic carbocycles. The van der Waals surface area contributed by atoms with Crippen molar-refractivity contribution in [2.24, 2.45) is 4.99 Å². The van der Waals surface area contributed by atoms with Crippen LogP contribution >= 0.6 is 22.9 Å². The Morgan fingerprint density at radius 1 is 1.42 bits per heavy atom. The van der Waals surface area contributed by atoms with Gasteiger partial charge in [-0.2, -0.15) is 0 Å². The molecule has 0 atom stereocenters. The topological polar surface area (TPSA) is 15.6 Å². The largest absolute Gasteiger partial charge is 0.328 e. The number of hydrogen-bond acceptors (Lipinski definition) is 3. The monoisotopic (exact) mass is 290 g/mol. The first-order chi connectivity index (χ1) is 9.28. The lowest BCUT2D eigenvalue weighted by molar-refractivity contribution is 0.579. The van der Waals surface area contributed by atoms with Gasteiger partial charge in [0.1, 0.15) is 5.84 Å². The van der Waals surface area contributed by atoms with E-state index in [1.807, 2.05) is 0 Å². The van der Waals surface area contributed by atoms with Crippen molar-refractivity contribution < 1.29 is 0 Å². The van der Waals surface area contributed by atoms with Crippen molar-refractivity contribution >= 4 is 34.3 Å². The Bertz CT molecular complexity index is 594. The molecule has 0 amide bonds. The van der Waals surface area contributed by atoms with E-state index in [-0.39, 0.29) is 0 Å². The molecule has 1 aromatic rings. The average molecular weight is 291 g/mol. The van der Waals surface area contributed by atoms with Crippen LogP contribution in [0.3, 0.4) is 0 Å². The lowest BCUT2D eigenvalue weighted by Crippen LogP contribution is -2.31. The van der Waals surface area contributed by atoms with Crippen molar-refractivity contribution in [1.29, 1.82) is 0 Å². The molecular weight excluding hydrogens is 276 g/mol. The van der Waals surface area contributed by atoms with E-state index in [1.165, 1.54) is 16.0 Å². The molecule has 0 unspecified atom stereocenters. The molecule has 3 rings (SSSR count). The molecule has 98 valence electrons. The van der Waals surface area contributed by atoms with Crippen LogP contribution in [0.25, 0.3) is 5.57 Å². The van der Waals surface area contributed by atoms with E-state index in [4.69, 9.17) is 11.6 Å². The first kappa shape index (κ1) is 12.7. The number of rotatable bonds is 3. The summed E-state index contributed by atoms with van der Waals surface area (Å²) in [6.07, 6.45) is 7.33. The molecule has 0 N–H and O–H groups in total. The highest BCUT2D eigenvalue weighted by atomic mass is 35.5. The second kappa shape index (κ2) is 5.35. The average Bonchev–Trinajstić information content (AvgIpc) is 2.93. The minimum atomic E-state index is 0.655. The highest BCUT2D eigenvalue weighted by Gasteiger charge is 2.20. The van der Waals surface area contributed by atoms with Crippen molar-refractivity contribution in [2.45, 2.75) is 13.3 Å². The lowest BCUT2D eigenvalue weighted by Gasteiger charge is -2.29. The molecule has 1 aromatic heterocycles. The van der Waals surface area contributed by atoms with Gasteiger partial charge in [0.25, 0.3) is 0 Å². The van der Waals surface area contributed by atoms with Gasteiger partial charge in [-0.05, 0) is 42.5 Å². The number of aliphatic imine (C=N–C) groups is 1. The SMILES string of the molecule is CC1=C(CCCl)CN2C=C(c3cccs3)C=CC2=N1. The fourth-order valence-corrected chi connectivity index (χ4v) is 3.24. The molecule has 4 heteroatoms. The highest BCUT2D eigenvalue weighted by molar-refractivity contribution is 7.11. The van der Waals surface area contributed by atoms with E-state index in [0.717, 1.165) is 24.5 Å². The number of hydrogen-bond donors (Lipinski definition) is 0. The number of halogens is 1. The Labute approximate surface area is 122 Å². The van der Waals surface area contributed by atoms with E-state index in [1.54, 1.807) is 11.3 Å². The molecule has 2 aliphatic rings. The molecule has 0 aromatic carbocycles. The maximum atomic E-state index is 5.86. The van der Waals surface area contributed by atoms with E-state index in [9.17, 15) is 0 Å². The first-order valence-electron chi connectivity index (χ1n) is 6.31. The van der Waals surface area contributed by atoms with Gasteiger partial charge in [0, 0.05) is 34.8 Å². The molecule has 0 fully saturated rings. The molecule has 3 heterocycles. The number of thiophene rings is 1. The van der Waals surface area contributed by atoms with Crippen LogP contribution in [0.4, 0.5) is 0 Å². The first-order valence-corrected chi connectivity index (χ1v) is 7.73. The summed E-state index contributed by atoms with van der Waals surface area (Å²) in [5, 5.41) is 2.10. The van der Waals surface area contributed by atoms with Gasteiger partial charge in [-0.25, -0.2) is 4.99 Å². The highest BCUT2D eigenvalue weighted by Crippen LogP contribution is 2.28. The number of alkyl halides is 1.